The van der Waals surface area contributed by atoms with Crippen LogP contribution in [0, 0.1) is 21.4 Å². The van der Waals surface area contributed by atoms with Crippen LogP contribution in [0.25, 0.3) is 0 Å². The van der Waals surface area contributed by atoms with E-state index in [9.17, 15) is 10.1 Å². The molecule has 0 radical (unpaired) electrons. The van der Waals surface area contributed by atoms with Crippen molar-refractivity contribution in [3.8, 4) is 11.8 Å². The Labute approximate surface area is 223 Å². The number of halogens is 1. The highest BCUT2D eigenvalue weighted by molar-refractivity contribution is 6.30. The summed E-state index contributed by atoms with van der Waals surface area (Å²) < 4.78 is 10.4. The summed E-state index contributed by atoms with van der Waals surface area (Å²) in [6.07, 6.45) is 5.35. The van der Waals surface area contributed by atoms with E-state index in [2.05, 4.69) is 23.5 Å². The van der Waals surface area contributed by atoms with Gasteiger partial charge in [-0.25, -0.2) is 4.98 Å². The molecule has 2 aromatic rings. The topological polar surface area (TPSA) is 114 Å². The summed E-state index contributed by atoms with van der Waals surface area (Å²) in [7, 11) is 4.78. The van der Waals surface area contributed by atoms with Gasteiger partial charge in [0, 0.05) is 31.8 Å². The number of methoxy groups -OCH3 is 2. The van der Waals surface area contributed by atoms with Gasteiger partial charge >= 0.3 is 5.69 Å². The molecule has 0 aliphatic heterocycles. The average Bonchev–Trinajstić information content (AvgIpc) is 2.89. The van der Waals surface area contributed by atoms with Crippen LogP contribution in [0.4, 0.5) is 17.2 Å². The Kier molecular flexibility index (Phi) is 13.0. The highest BCUT2D eigenvalue weighted by atomic mass is 35.5. The van der Waals surface area contributed by atoms with E-state index in [1.807, 2.05) is 43.3 Å². The summed E-state index contributed by atoms with van der Waals surface area (Å²) in [6.45, 7) is 11.3. The van der Waals surface area contributed by atoms with Gasteiger partial charge in [0.2, 0.25) is 5.82 Å². The molecule has 0 unspecified atom stereocenters. The van der Waals surface area contributed by atoms with E-state index < -0.39 is 4.92 Å². The van der Waals surface area contributed by atoms with Crippen molar-refractivity contribution >= 4 is 28.8 Å². The van der Waals surface area contributed by atoms with Gasteiger partial charge in [-0.1, -0.05) is 49.0 Å². The maximum absolute atomic E-state index is 11.9. The number of nitriles is 1. The third-order valence-corrected chi connectivity index (χ3v) is 5.10. The van der Waals surface area contributed by atoms with Crippen LogP contribution in [0.5, 0.6) is 5.75 Å². The largest absolute Gasteiger partial charge is 0.501 e. The van der Waals surface area contributed by atoms with Crippen molar-refractivity contribution < 1.29 is 14.4 Å². The number of hydrogen-bond donors (Lipinski definition) is 1. The minimum absolute atomic E-state index is 0.147. The molecule has 1 heterocycles. The molecule has 1 aromatic heterocycles. The number of rotatable bonds is 11. The predicted molar refractivity (Wildman–Crippen MR) is 149 cm³/mol. The number of nitro groups is 1. The van der Waals surface area contributed by atoms with Gasteiger partial charge in [0.05, 0.1) is 31.0 Å². The number of hydrogen-bond acceptors (Lipinski definition) is 8. The van der Waals surface area contributed by atoms with Crippen LogP contribution in [0.2, 0.25) is 5.15 Å². The van der Waals surface area contributed by atoms with Crippen LogP contribution >= 0.6 is 11.6 Å². The fourth-order valence-electron chi connectivity index (χ4n) is 2.94. The molecule has 0 saturated heterocycles. The van der Waals surface area contributed by atoms with Crippen LogP contribution in [0.3, 0.4) is 0 Å². The molecular weight excluding hydrogens is 494 g/mol. The number of anilines is 2. The number of pyridine rings is 1. The number of nitrogens with one attached hydrogen (secondary N) is 1. The molecular formula is C27H32ClN5O4. The molecule has 0 aliphatic carbocycles. The zero-order valence-corrected chi connectivity index (χ0v) is 22.5. The number of aromatic nitrogens is 1. The van der Waals surface area contributed by atoms with E-state index in [0.29, 0.717) is 18.7 Å². The highest BCUT2D eigenvalue weighted by Gasteiger charge is 2.27. The summed E-state index contributed by atoms with van der Waals surface area (Å²) in [5.74, 6) is 1.59. The van der Waals surface area contributed by atoms with Gasteiger partial charge in [0.25, 0.3) is 0 Å². The SMILES string of the molecule is C=C(C)C#N.C=C/C(=C\C=C(/C)OC)CN(Cc1ccc(OC)cc1)c1nc(Cl)cc(NC)c1[N+](=O)[O-]. The smallest absolute Gasteiger partial charge is 0.334 e. The van der Waals surface area contributed by atoms with Crippen molar-refractivity contribution in [1.82, 2.24) is 4.98 Å². The number of allylic oxidation sites excluding steroid dienone is 4. The Morgan fingerprint density at radius 3 is 2.38 bits per heavy atom. The number of nitrogens with zero attached hydrogens (tertiary/aromatic N) is 4. The molecule has 2 rings (SSSR count). The molecule has 0 bridgehead atoms. The van der Waals surface area contributed by atoms with Crippen molar-refractivity contribution in [1.29, 1.82) is 5.26 Å². The number of ether oxygens (including phenoxy) is 2. The van der Waals surface area contributed by atoms with Gasteiger partial charge in [-0.3, -0.25) is 10.1 Å². The van der Waals surface area contributed by atoms with E-state index in [1.54, 1.807) is 45.2 Å². The zero-order chi connectivity index (χ0) is 28.0. The lowest BCUT2D eigenvalue weighted by atomic mass is 10.1. The summed E-state index contributed by atoms with van der Waals surface area (Å²) in [5.41, 5.74) is 2.42. The maximum atomic E-state index is 11.9. The van der Waals surface area contributed by atoms with Crippen molar-refractivity contribution in [3.63, 3.8) is 0 Å². The molecule has 10 heteroatoms. The quantitative estimate of drug-likeness (QED) is 0.0888. The fourth-order valence-corrected chi connectivity index (χ4v) is 3.13. The fraction of sp³-hybridized carbons (Fsp3) is 0.259. The molecule has 0 atom stereocenters. The van der Waals surface area contributed by atoms with Gasteiger partial charge < -0.3 is 19.7 Å². The summed E-state index contributed by atoms with van der Waals surface area (Å²) in [6, 6.07) is 10.7. The van der Waals surface area contributed by atoms with Gasteiger partial charge in [-0.2, -0.15) is 5.26 Å². The molecule has 0 saturated carbocycles. The van der Waals surface area contributed by atoms with Crippen LogP contribution in [0.1, 0.15) is 19.4 Å². The first kappa shape index (κ1) is 30.7. The van der Waals surface area contributed by atoms with Crippen molar-refractivity contribution in [2.24, 2.45) is 0 Å². The first-order chi connectivity index (χ1) is 17.6. The molecule has 0 amide bonds. The molecule has 196 valence electrons. The summed E-state index contributed by atoms with van der Waals surface area (Å²) in [4.78, 5) is 17.6. The number of benzene rings is 1. The maximum Gasteiger partial charge on any atom is 0.334 e. The third kappa shape index (κ3) is 10.1. The van der Waals surface area contributed by atoms with E-state index in [-0.39, 0.29) is 22.3 Å². The predicted octanol–water partition coefficient (Wildman–Crippen LogP) is 6.45. The molecule has 1 aromatic carbocycles. The zero-order valence-electron chi connectivity index (χ0n) is 21.7. The van der Waals surface area contributed by atoms with Crippen LogP contribution < -0.4 is 15.0 Å². The molecule has 0 spiro atoms. The van der Waals surface area contributed by atoms with E-state index in [1.165, 1.54) is 6.07 Å². The van der Waals surface area contributed by atoms with Crippen molar-refractivity contribution in [3.05, 3.63) is 99.5 Å². The van der Waals surface area contributed by atoms with E-state index in [0.717, 1.165) is 22.6 Å². The highest BCUT2D eigenvalue weighted by Crippen LogP contribution is 2.37. The van der Waals surface area contributed by atoms with Crippen molar-refractivity contribution in [2.45, 2.75) is 20.4 Å². The first-order valence-electron chi connectivity index (χ1n) is 11.1. The third-order valence-electron chi connectivity index (χ3n) is 4.91. The molecule has 1 N–H and O–H groups in total. The lowest BCUT2D eigenvalue weighted by Crippen LogP contribution is -2.27. The molecule has 37 heavy (non-hydrogen) atoms. The lowest BCUT2D eigenvalue weighted by molar-refractivity contribution is -0.383. The van der Waals surface area contributed by atoms with E-state index in [4.69, 9.17) is 26.3 Å². The van der Waals surface area contributed by atoms with Crippen LogP contribution in [0.15, 0.2) is 78.6 Å². The Morgan fingerprint density at radius 2 is 1.92 bits per heavy atom. The van der Waals surface area contributed by atoms with Gasteiger partial charge in [-0.15, -0.1) is 0 Å². The van der Waals surface area contributed by atoms with Gasteiger partial charge in [0.15, 0.2) is 0 Å². The minimum Gasteiger partial charge on any atom is -0.501 e. The Bertz CT molecular complexity index is 1200. The monoisotopic (exact) mass is 525 g/mol. The minimum atomic E-state index is -0.461. The first-order valence-corrected chi connectivity index (χ1v) is 11.5. The molecule has 0 fully saturated rings. The second-order valence-corrected chi connectivity index (χ2v) is 8.08. The average molecular weight is 526 g/mol. The normalized spacial score (nSPS) is 10.8. The van der Waals surface area contributed by atoms with Gasteiger partial charge in [0.1, 0.15) is 16.6 Å². The van der Waals surface area contributed by atoms with Gasteiger partial charge in [-0.05, 0) is 43.2 Å². The summed E-state index contributed by atoms with van der Waals surface area (Å²) in [5, 5.41) is 22.7. The Hall–Kier alpha value is -4.29. The molecule has 0 aliphatic rings. The lowest BCUT2D eigenvalue weighted by Gasteiger charge is -2.25. The van der Waals surface area contributed by atoms with E-state index >= 15 is 0 Å². The van der Waals surface area contributed by atoms with Crippen LogP contribution in [-0.4, -0.2) is 37.7 Å². The van der Waals surface area contributed by atoms with Crippen molar-refractivity contribution in [2.75, 3.05) is 38.0 Å². The van der Waals surface area contributed by atoms with Crippen LogP contribution in [-0.2, 0) is 11.3 Å². The molecule has 9 nitrogen and oxygen atoms in total. The second kappa shape index (κ2) is 15.7. The standard InChI is InChI=1S/C23H27ClN4O4.C4H5N/c1-6-17(8-7-16(2)31-4)14-27(15-18-9-11-19(32-5)12-10-18)23-22(28(29)30)20(25-3)13-21(24)26-23;1-4(2)3-5/h6-13H,1,14-15H2,2-5H3,(H,25,26);1H2,2H3/b16-7+,17-8+;. The summed E-state index contributed by atoms with van der Waals surface area (Å²) >= 11 is 6.21. The Morgan fingerprint density at radius 1 is 1.30 bits per heavy atom. The second-order valence-electron chi connectivity index (χ2n) is 7.70. The Balaban J connectivity index is 0.00000124.